The van der Waals surface area contributed by atoms with Gasteiger partial charge in [-0.05, 0) is 0 Å². The van der Waals surface area contributed by atoms with E-state index in [9.17, 15) is 13.2 Å². The van der Waals surface area contributed by atoms with Crippen LogP contribution in [0.15, 0.2) is 12.4 Å². The highest BCUT2D eigenvalue weighted by molar-refractivity contribution is 5.29. The Kier molecular flexibility index (Phi) is 1.80. The maximum Gasteiger partial charge on any atom is 0.434 e. The number of hydrogen-bond donors (Lipinski definition) is 0. The van der Waals surface area contributed by atoms with Gasteiger partial charge in [-0.1, -0.05) is 0 Å². The van der Waals surface area contributed by atoms with Crippen molar-refractivity contribution in [3.63, 3.8) is 0 Å². The average Bonchev–Trinajstić information content (AvgIpc) is 2.45. The second kappa shape index (κ2) is 2.76. The van der Waals surface area contributed by atoms with E-state index in [4.69, 9.17) is 0 Å². The van der Waals surface area contributed by atoms with Gasteiger partial charge in [-0.15, -0.1) is 0 Å². The summed E-state index contributed by atoms with van der Waals surface area (Å²) in [6, 6.07) is 0. The first-order chi connectivity index (χ1) is 6.47. The third kappa shape index (κ3) is 1.47. The summed E-state index contributed by atoms with van der Waals surface area (Å²) in [5, 5.41) is 0. The monoisotopic (exact) mass is 203 g/mol. The van der Waals surface area contributed by atoms with Crippen LogP contribution in [0.3, 0.4) is 0 Å². The van der Waals surface area contributed by atoms with E-state index in [1.165, 1.54) is 4.57 Å². The predicted octanol–water partition coefficient (Wildman–Crippen LogP) is 1.78. The normalized spacial score (nSPS) is 15.9. The van der Waals surface area contributed by atoms with Crippen LogP contribution in [-0.4, -0.2) is 21.5 Å². The summed E-state index contributed by atoms with van der Waals surface area (Å²) in [7, 11) is 1.78. The smallest absolute Gasteiger partial charge is 0.372 e. The van der Waals surface area contributed by atoms with E-state index in [0.29, 0.717) is 12.4 Å². The Bertz CT molecular complexity index is 378. The van der Waals surface area contributed by atoms with Gasteiger partial charge in [0.05, 0.1) is 6.54 Å². The van der Waals surface area contributed by atoms with Gasteiger partial charge in [0.2, 0.25) is 0 Å². The zero-order valence-electron chi connectivity index (χ0n) is 7.41. The quantitative estimate of drug-likeness (QED) is 0.640. The first-order valence-electron chi connectivity index (χ1n) is 4.00. The largest absolute Gasteiger partial charge is 0.434 e. The number of imidazole rings is 1. The average molecular weight is 203 g/mol. The molecule has 0 N–H and O–H groups in total. The van der Waals surface area contributed by atoms with Crippen LogP contribution in [0.1, 0.15) is 11.5 Å². The van der Waals surface area contributed by atoms with E-state index in [0.717, 1.165) is 6.20 Å². The Hall–Kier alpha value is -1.46. The second-order valence-corrected chi connectivity index (χ2v) is 3.16. The molecule has 1 aromatic rings. The number of fused-ring (bicyclic) bond motifs is 1. The molecular formula is C8H8F3N3. The zero-order chi connectivity index (χ0) is 10.3. The number of hydrogen-bond acceptors (Lipinski definition) is 2. The van der Waals surface area contributed by atoms with Gasteiger partial charge in [0.25, 0.3) is 0 Å². The molecule has 76 valence electrons. The molecule has 0 aromatic carbocycles. The summed E-state index contributed by atoms with van der Waals surface area (Å²) < 4.78 is 38.2. The van der Waals surface area contributed by atoms with E-state index in [1.807, 2.05) is 0 Å². The SMILES string of the molecule is CN1C=Cn2cc(C(F)(F)F)nc2C1. The van der Waals surface area contributed by atoms with Crippen molar-refractivity contribution in [2.24, 2.45) is 0 Å². The lowest BCUT2D eigenvalue weighted by Gasteiger charge is -2.17. The predicted molar refractivity (Wildman–Crippen MR) is 44.0 cm³/mol. The lowest BCUT2D eigenvalue weighted by atomic mass is 10.5. The molecule has 0 unspecified atom stereocenters. The number of halogens is 3. The van der Waals surface area contributed by atoms with Crippen molar-refractivity contribution < 1.29 is 13.2 Å². The highest BCUT2D eigenvalue weighted by Gasteiger charge is 2.34. The fourth-order valence-electron chi connectivity index (χ4n) is 1.28. The summed E-state index contributed by atoms with van der Waals surface area (Å²) in [4.78, 5) is 5.28. The summed E-state index contributed by atoms with van der Waals surface area (Å²) >= 11 is 0. The summed E-state index contributed by atoms with van der Waals surface area (Å²) in [5.74, 6) is 0.405. The van der Waals surface area contributed by atoms with Crippen LogP contribution in [0.5, 0.6) is 0 Å². The molecule has 0 saturated heterocycles. The van der Waals surface area contributed by atoms with Crippen molar-refractivity contribution in [3.05, 3.63) is 23.9 Å². The standard InChI is InChI=1S/C8H8F3N3/c1-13-2-3-14-4-6(8(9,10)11)12-7(14)5-13/h2-4H,5H2,1H3. The van der Waals surface area contributed by atoms with Crippen molar-refractivity contribution in [2.75, 3.05) is 7.05 Å². The van der Waals surface area contributed by atoms with Crippen LogP contribution >= 0.6 is 0 Å². The molecule has 0 atom stereocenters. The molecule has 1 aliphatic rings. The molecule has 2 rings (SSSR count). The van der Waals surface area contributed by atoms with E-state index in [2.05, 4.69) is 4.98 Å². The highest BCUT2D eigenvalue weighted by Crippen LogP contribution is 2.29. The summed E-state index contributed by atoms with van der Waals surface area (Å²) in [6.07, 6.45) is -0.106. The van der Waals surface area contributed by atoms with E-state index >= 15 is 0 Å². The third-order valence-corrected chi connectivity index (χ3v) is 1.97. The van der Waals surface area contributed by atoms with Gasteiger partial charge in [-0.3, -0.25) is 0 Å². The topological polar surface area (TPSA) is 21.1 Å². The molecule has 6 heteroatoms. The molecule has 0 fully saturated rings. The van der Waals surface area contributed by atoms with Gasteiger partial charge in [-0.25, -0.2) is 4.98 Å². The number of nitrogens with zero attached hydrogens (tertiary/aromatic N) is 3. The fraction of sp³-hybridized carbons (Fsp3) is 0.375. The Morgan fingerprint density at radius 1 is 1.36 bits per heavy atom. The van der Waals surface area contributed by atoms with Crippen molar-refractivity contribution in [3.8, 4) is 0 Å². The molecule has 1 aromatic heterocycles. The second-order valence-electron chi connectivity index (χ2n) is 3.16. The highest BCUT2D eigenvalue weighted by atomic mass is 19.4. The van der Waals surface area contributed by atoms with Crippen molar-refractivity contribution in [2.45, 2.75) is 12.7 Å². The molecule has 0 bridgehead atoms. The number of rotatable bonds is 0. The van der Waals surface area contributed by atoms with Gasteiger partial charge < -0.3 is 9.47 Å². The van der Waals surface area contributed by atoms with Gasteiger partial charge in [0.1, 0.15) is 5.82 Å². The van der Waals surface area contributed by atoms with Crippen LogP contribution in [0.2, 0.25) is 0 Å². The molecule has 2 heterocycles. The Balaban J connectivity index is 2.39. The minimum atomic E-state index is -4.36. The fourth-order valence-corrected chi connectivity index (χ4v) is 1.28. The number of aromatic nitrogens is 2. The maximum atomic E-state index is 12.3. The van der Waals surface area contributed by atoms with Crippen LogP contribution in [-0.2, 0) is 12.7 Å². The van der Waals surface area contributed by atoms with Crippen LogP contribution < -0.4 is 0 Å². The molecular weight excluding hydrogens is 195 g/mol. The van der Waals surface area contributed by atoms with Crippen LogP contribution in [0.4, 0.5) is 13.2 Å². The maximum absolute atomic E-state index is 12.3. The molecule has 3 nitrogen and oxygen atoms in total. The summed E-state index contributed by atoms with van der Waals surface area (Å²) in [6.45, 7) is 0.395. The van der Waals surface area contributed by atoms with Crippen LogP contribution in [0.25, 0.3) is 6.20 Å². The molecule has 0 spiro atoms. The zero-order valence-corrected chi connectivity index (χ0v) is 7.41. The first-order valence-corrected chi connectivity index (χ1v) is 4.00. The van der Waals surface area contributed by atoms with Gasteiger partial charge >= 0.3 is 6.18 Å². The first kappa shape index (κ1) is 9.11. The van der Waals surface area contributed by atoms with E-state index < -0.39 is 11.9 Å². The lowest BCUT2D eigenvalue weighted by molar-refractivity contribution is -0.141. The Labute approximate surface area is 78.5 Å². The van der Waals surface area contributed by atoms with Gasteiger partial charge in [0, 0.05) is 25.6 Å². The van der Waals surface area contributed by atoms with E-state index in [-0.39, 0.29) is 0 Å². The van der Waals surface area contributed by atoms with Crippen LogP contribution in [0, 0.1) is 0 Å². The van der Waals surface area contributed by atoms with Gasteiger partial charge in [-0.2, -0.15) is 13.2 Å². The molecule has 1 aliphatic heterocycles. The number of alkyl halides is 3. The molecule has 0 amide bonds. The third-order valence-electron chi connectivity index (χ3n) is 1.97. The van der Waals surface area contributed by atoms with E-state index in [1.54, 1.807) is 24.3 Å². The lowest BCUT2D eigenvalue weighted by Crippen LogP contribution is -2.17. The minimum Gasteiger partial charge on any atom is -0.372 e. The Morgan fingerprint density at radius 3 is 2.71 bits per heavy atom. The molecule has 0 aliphatic carbocycles. The van der Waals surface area contributed by atoms with Crippen molar-refractivity contribution >= 4 is 6.20 Å². The molecule has 0 saturated carbocycles. The molecule has 0 radical (unpaired) electrons. The van der Waals surface area contributed by atoms with Gasteiger partial charge in [0.15, 0.2) is 5.69 Å². The Morgan fingerprint density at radius 2 is 2.07 bits per heavy atom. The molecule has 14 heavy (non-hydrogen) atoms. The summed E-state index contributed by atoms with van der Waals surface area (Å²) in [5.41, 5.74) is -0.840. The minimum absolute atomic E-state index is 0.395. The van der Waals surface area contributed by atoms with Crippen molar-refractivity contribution in [1.29, 1.82) is 0 Å². The van der Waals surface area contributed by atoms with Crippen molar-refractivity contribution in [1.82, 2.24) is 14.5 Å².